The Balaban J connectivity index is 2.11. The summed E-state index contributed by atoms with van der Waals surface area (Å²) in [5.74, 6) is 0.857. The Labute approximate surface area is 113 Å². The van der Waals surface area contributed by atoms with E-state index in [0.29, 0.717) is 0 Å². The van der Waals surface area contributed by atoms with Crippen molar-refractivity contribution >= 4 is 0 Å². The van der Waals surface area contributed by atoms with Crippen LogP contribution in [0, 0.1) is 0 Å². The first-order valence-corrected chi connectivity index (χ1v) is 6.76. The smallest absolute Gasteiger partial charge is 0.161 e. The number of hydrogen-bond acceptors (Lipinski definition) is 3. The zero-order valence-electron chi connectivity index (χ0n) is 11.4. The number of nitrogens with zero attached hydrogens (tertiary/aromatic N) is 2. The van der Waals surface area contributed by atoms with Gasteiger partial charge in [-0.05, 0) is 24.5 Å². The average Bonchev–Trinajstić information content (AvgIpc) is 2.89. The second-order valence-electron chi connectivity index (χ2n) is 4.75. The highest BCUT2D eigenvalue weighted by molar-refractivity contribution is 5.42. The summed E-state index contributed by atoms with van der Waals surface area (Å²) in [6, 6.07) is 8.77. The molecule has 1 atom stereocenters. The molecular weight excluding hydrogens is 238 g/mol. The van der Waals surface area contributed by atoms with Crippen molar-refractivity contribution in [2.45, 2.75) is 25.9 Å². The van der Waals surface area contributed by atoms with Crippen LogP contribution in [0.5, 0.6) is 5.75 Å². The van der Waals surface area contributed by atoms with Crippen LogP contribution in [-0.2, 0) is 13.0 Å². The molecule has 1 aromatic carbocycles. The van der Waals surface area contributed by atoms with Gasteiger partial charge in [-0.3, -0.25) is 4.68 Å². The molecule has 19 heavy (non-hydrogen) atoms. The Hall–Kier alpha value is -1.81. The maximum absolute atomic E-state index is 5.47. The van der Waals surface area contributed by atoms with Gasteiger partial charge in [0.1, 0.15) is 5.69 Å². The number of rotatable bonds is 3. The molecule has 3 rings (SSSR count). The molecule has 0 saturated carbocycles. The second-order valence-corrected chi connectivity index (χ2v) is 4.75. The van der Waals surface area contributed by atoms with Crippen LogP contribution in [0.2, 0.25) is 0 Å². The minimum Gasteiger partial charge on any atom is -0.493 e. The van der Waals surface area contributed by atoms with Gasteiger partial charge in [0.25, 0.3) is 0 Å². The third-order valence-corrected chi connectivity index (χ3v) is 3.75. The average molecular weight is 257 g/mol. The molecule has 0 fully saturated rings. The highest BCUT2D eigenvalue weighted by Gasteiger charge is 2.27. The summed E-state index contributed by atoms with van der Waals surface area (Å²) >= 11 is 0. The van der Waals surface area contributed by atoms with E-state index in [9.17, 15) is 0 Å². The number of fused-ring (bicyclic) bond motifs is 1. The van der Waals surface area contributed by atoms with Gasteiger partial charge in [0.15, 0.2) is 5.75 Å². The van der Waals surface area contributed by atoms with E-state index in [1.807, 2.05) is 4.68 Å². The maximum atomic E-state index is 5.47. The minimum absolute atomic E-state index is 0.169. The van der Waals surface area contributed by atoms with Crippen molar-refractivity contribution in [2.75, 3.05) is 13.7 Å². The Morgan fingerprint density at radius 2 is 2.26 bits per heavy atom. The van der Waals surface area contributed by atoms with Crippen molar-refractivity contribution in [3.05, 3.63) is 47.3 Å². The zero-order valence-corrected chi connectivity index (χ0v) is 11.4. The lowest BCUT2D eigenvalue weighted by molar-refractivity contribution is 0.396. The van der Waals surface area contributed by atoms with Crippen LogP contribution in [0.1, 0.15) is 29.8 Å². The fraction of sp³-hybridized carbons (Fsp3) is 0.400. The minimum atomic E-state index is 0.169. The Morgan fingerprint density at radius 1 is 1.42 bits per heavy atom. The Kier molecular flexibility index (Phi) is 3.25. The third-order valence-electron chi connectivity index (χ3n) is 3.75. The van der Waals surface area contributed by atoms with E-state index in [1.54, 1.807) is 13.3 Å². The van der Waals surface area contributed by atoms with Crippen LogP contribution in [0.4, 0.5) is 0 Å². The van der Waals surface area contributed by atoms with E-state index in [2.05, 4.69) is 41.6 Å². The first-order valence-electron chi connectivity index (χ1n) is 6.76. The van der Waals surface area contributed by atoms with Gasteiger partial charge < -0.3 is 10.1 Å². The largest absolute Gasteiger partial charge is 0.493 e. The number of benzene rings is 1. The SMILES string of the molecule is CCn1ncc(OC)c1C1NCCc2ccccc21. The van der Waals surface area contributed by atoms with Gasteiger partial charge in [0.05, 0.1) is 19.3 Å². The molecule has 2 aromatic rings. The van der Waals surface area contributed by atoms with Gasteiger partial charge in [0.2, 0.25) is 0 Å². The van der Waals surface area contributed by atoms with Gasteiger partial charge in [-0.25, -0.2) is 0 Å². The van der Waals surface area contributed by atoms with E-state index >= 15 is 0 Å². The lowest BCUT2D eigenvalue weighted by Crippen LogP contribution is -2.32. The Morgan fingerprint density at radius 3 is 3.05 bits per heavy atom. The van der Waals surface area contributed by atoms with Gasteiger partial charge in [-0.2, -0.15) is 5.10 Å². The monoisotopic (exact) mass is 257 g/mol. The van der Waals surface area contributed by atoms with Crippen molar-refractivity contribution in [2.24, 2.45) is 0 Å². The van der Waals surface area contributed by atoms with Gasteiger partial charge in [-0.1, -0.05) is 24.3 Å². The highest BCUT2D eigenvalue weighted by Crippen LogP contribution is 2.33. The first-order chi connectivity index (χ1) is 9.35. The number of aromatic nitrogens is 2. The molecule has 4 heteroatoms. The van der Waals surface area contributed by atoms with Crippen molar-refractivity contribution in [1.82, 2.24) is 15.1 Å². The molecule has 0 radical (unpaired) electrons. The van der Waals surface area contributed by atoms with Gasteiger partial charge in [0, 0.05) is 13.1 Å². The molecule has 1 unspecified atom stereocenters. The van der Waals surface area contributed by atoms with Crippen LogP contribution < -0.4 is 10.1 Å². The number of aryl methyl sites for hydroxylation is 1. The van der Waals surface area contributed by atoms with Crippen LogP contribution >= 0.6 is 0 Å². The predicted molar refractivity (Wildman–Crippen MR) is 74.4 cm³/mol. The molecule has 0 bridgehead atoms. The third kappa shape index (κ3) is 2.02. The lowest BCUT2D eigenvalue weighted by atomic mass is 9.92. The van der Waals surface area contributed by atoms with Crippen molar-refractivity contribution in [3.8, 4) is 5.75 Å². The van der Waals surface area contributed by atoms with Gasteiger partial charge >= 0.3 is 0 Å². The first kappa shape index (κ1) is 12.2. The molecule has 1 aliphatic heterocycles. The molecule has 0 saturated heterocycles. The molecule has 0 spiro atoms. The molecule has 2 heterocycles. The number of nitrogens with one attached hydrogen (secondary N) is 1. The van der Waals surface area contributed by atoms with Crippen LogP contribution in [0.25, 0.3) is 0 Å². The molecule has 1 N–H and O–H groups in total. The summed E-state index contributed by atoms with van der Waals surface area (Å²) in [5.41, 5.74) is 3.87. The molecule has 4 nitrogen and oxygen atoms in total. The quantitative estimate of drug-likeness (QED) is 0.915. The lowest BCUT2D eigenvalue weighted by Gasteiger charge is -2.28. The van der Waals surface area contributed by atoms with E-state index in [1.165, 1.54) is 11.1 Å². The van der Waals surface area contributed by atoms with E-state index in [4.69, 9.17) is 4.74 Å². The Bertz CT molecular complexity index is 555. The zero-order chi connectivity index (χ0) is 13.2. The standard InChI is InChI=1S/C15H19N3O/c1-3-18-15(13(19-2)10-17-18)14-12-7-5-4-6-11(12)8-9-16-14/h4-7,10,14,16H,3,8-9H2,1-2H3. The van der Waals surface area contributed by atoms with E-state index in [-0.39, 0.29) is 6.04 Å². The van der Waals surface area contributed by atoms with Gasteiger partial charge in [-0.15, -0.1) is 0 Å². The predicted octanol–water partition coefficient (Wildman–Crippen LogP) is 2.15. The summed E-state index contributed by atoms with van der Waals surface area (Å²) < 4.78 is 7.49. The number of ether oxygens (including phenoxy) is 1. The summed E-state index contributed by atoms with van der Waals surface area (Å²) in [6.45, 7) is 3.93. The number of methoxy groups -OCH3 is 1. The van der Waals surface area contributed by atoms with E-state index < -0.39 is 0 Å². The molecule has 100 valence electrons. The van der Waals surface area contributed by atoms with Crippen molar-refractivity contribution < 1.29 is 4.74 Å². The molecular formula is C15H19N3O. The molecule has 1 aromatic heterocycles. The molecule has 1 aliphatic rings. The fourth-order valence-electron chi connectivity index (χ4n) is 2.83. The highest BCUT2D eigenvalue weighted by atomic mass is 16.5. The maximum Gasteiger partial charge on any atom is 0.161 e. The normalized spacial score (nSPS) is 18.1. The number of hydrogen-bond donors (Lipinski definition) is 1. The summed E-state index contributed by atoms with van der Waals surface area (Å²) in [4.78, 5) is 0. The summed E-state index contributed by atoms with van der Waals surface area (Å²) in [7, 11) is 1.70. The van der Waals surface area contributed by atoms with Crippen LogP contribution in [0.3, 0.4) is 0 Å². The van der Waals surface area contributed by atoms with Crippen LogP contribution in [-0.4, -0.2) is 23.4 Å². The summed E-state index contributed by atoms with van der Waals surface area (Å²) in [5, 5.41) is 7.99. The topological polar surface area (TPSA) is 39.1 Å². The summed E-state index contributed by atoms with van der Waals surface area (Å²) in [6.07, 6.45) is 2.88. The second kappa shape index (κ2) is 5.05. The van der Waals surface area contributed by atoms with Crippen molar-refractivity contribution in [3.63, 3.8) is 0 Å². The fourth-order valence-corrected chi connectivity index (χ4v) is 2.83. The molecule has 0 amide bonds. The van der Waals surface area contributed by atoms with Crippen LogP contribution in [0.15, 0.2) is 30.5 Å². The van der Waals surface area contributed by atoms with E-state index in [0.717, 1.165) is 31.0 Å². The van der Waals surface area contributed by atoms with Crippen molar-refractivity contribution in [1.29, 1.82) is 0 Å². The molecule has 0 aliphatic carbocycles.